The third kappa shape index (κ3) is 2.43. The van der Waals surface area contributed by atoms with Gasteiger partial charge in [0.05, 0.1) is 12.0 Å². The highest BCUT2D eigenvalue weighted by Gasteiger charge is 2.35. The van der Waals surface area contributed by atoms with Gasteiger partial charge in [-0.3, -0.25) is 9.78 Å². The van der Waals surface area contributed by atoms with Crippen LogP contribution in [-0.4, -0.2) is 36.7 Å². The second kappa shape index (κ2) is 5.58. The summed E-state index contributed by atoms with van der Waals surface area (Å²) >= 11 is 1.35. The quantitative estimate of drug-likeness (QED) is 0.785. The van der Waals surface area contributed by atoms with Crippen molar-refractivity contribution >= 4 is 17.4 Å². The van der Waals surface area contributed by atoms with Gasteiger partial charge >= 0.3 is 0 Å². The number of amides is 1. The first-order valence-electron chi connectivity index (χ1n) is 7.40. The van der Waals surface area contributed by atoms with E-state index in [1.54, 1.807) is 18.7 Å². The number of rotatable bonds is 2. The van der Waals surface area contributed by atoms with E-state index in [1.165, 1.54) is 11.5 Å². The van der Waals surface area contributed by atoms with E-state index in [0.717, 1.165) is 28.2 Å². The van der Waals surface area contributed by atoms with Gasteiger partial charge in [-0.15, -0.1) is 0 Å². The highest BCUT2D eigenvalue weighted by atomic mass is 32.1. The summed E-state index contributed by atoms with van der Waals surface area (Å²) in [5.74, 6) is -0.0585. The van der Waals surface area contributed by atoms with Crippen molar-refractivity contribution in [1.82, 2.24) is 24.2 Å². The molecule has 0 aromatic carbocycles. The monoisotopic (exact) mass is 325 g/mol. The molecule has 0 aliphatic carbocycles. The number of nitrogens with one attached hydrogen (secondary N) is 1. The molecule has 7 heteroatoms. The Morgan fingerprint density at radius 1 is 1.48 bits per heavy atom. The van der Waals surface area contributed by atoms with Crippen LogP contribution >= 0.6 is 11.5 Å². The molecule has 1 aliphatic heterocycles. The first kappa shape index (κ1) is 14.1. The fraction of sp³-hybridized carbons (Fsp3) is 0.250. The van der Waals surface area contributed by atoms with Crippen LogP contribution in [0.3, 0.4) is 0 Å². The Balaban J connectivity index is 1.78. The number of aromatic nitrogens is 4. The summed E-state index contributed by atoms with van der Waals surface area (Å²) in [5, 5.41) is 0. The molecule has 6 nitrogen and oxygen atoms in total. The molecule has 4 heterocycles. The lowest BCUT2D eigenvalue weighted by atomic mass is 9.96. The highest BCUT2D eigenvalue weighted by molar-refractivity contribution is 7.05. The average molecular weight is 325 g/mol. The topological polar surface area (TPSA) is 74.8 Å². The molecule has 0 radical (unpaired) electrons. The fourth-order valence-electron chi connectivity index (χ4n) is 2.99. The number of pyridine rings is 1. The van der Waals surface area contributed by atoms with Gasteiger partial charge < -0.3 is 9.88 Å². The maximum absolute atomic E-state index is 12.9. The predicted octanol–water partition coefficient (Wildman–Crippen LogP) is 2.36. The zero-order valence-corrected chi connectivity index (χ0v) is 13.4. The molecule has 0 saturated carbocycles. The van der Waals surface area contributed by atoms with E-state index in [2.05, 4.69) is 19.3 Å². The van der Waals surface area contributed by atoms with Gasteiger partial charge in [0.25, 0.3) is 5.91 Å². The summed E-state index contributed by atoms with van der Waals surface area (Å²) in [5.41, 5.74) is 3.43. The van der Waals surface area contributed by atoms with Crippen LogP contribution in [0.15, 0.2) is 36.9 Å². The molecule has 3 aromatic rings. The Bertz CT molecular complexity index is 841. The van der Waals surface area contributed by atoms with Crippen molar-refractivity contribution in [1.29, 1.82) is 0 Å². The van der Waals surface area contributed by atoms with Crippen LogP contribution < -0.4 is 0 Å². The molecule has 1 atom stereocenters. The van der Waals surface area contributed by atoms with Crippen molar-refractivity contribution in [2.24, 2.45) is 0 Å². The molecule has 1 aliphatic rings. The van der Waals surface area contributed by atoms with Crippen molar-refractivity contribution in [2.45, 2.75) is 19.4 Å². The van der Waals surface area contributed by atoms with Crippen molar-refractivity contribution in [3.05, 3.63) is 64.4 Å². The van der Waals surface area contributed by atoms with Crippen molar-refractivity contribution in [3.8, 4) is 0 Å². The van der Waals surface area contributed by atoms with Crippen molar-refractivity contribution < 1.29 is 4.79 Å². The summed E-state index contributed by atoms with van der Waals surface area (Å²) < 4.78 is 4.27. The van der Waals surface area contributed by atoms with E-state index in [-0.39, 0.29) is 11.9 Å². The smallest absolute Gasteiger partial charge is 0.274 e. The summed E-state index contributed by atoms with van der Waals surface area (Å²) in [6, 6.07) is 5.47. The summed E-state index contributed by atoms with van der Waals surface area (Å²) in [6.45, 7) is 2.58. The maximum Gasteiger partial charge on any atom is 0.274 e. The van der Waals surface area contributed by atoms with Crippen molar-refractivity contribution in [2.75, 3.05) is 6.54 Å². The molecule has 23 heavy (non-hydrogen) atoms. The highest BCUT2D eigenvalue weighted by Crippen LogP contribution is 2.34. The van der Waals surface area contributed by atoms with Crippen LogP contribution in [0.2, 0.25) is 0 Å². The van der Waals surface area contributed by atoms with Gasteiger partial charge in [0.2, 0.25) is 0 Å². The van der Waals surface area contributed by atoms with E-state index in [9.17, 15) is 4.79 Å². The second-order valence-corrected chi connectivity index (χ2v) is 6.54. The Kier molecular flexibility index (Phi) is 3.42. The van der Waals surface area contributed by atoms with Crippen LogP contribution in [0.1, 0.15) is 38.4 Å². The van der Waals surface area contributed by atoms with Gasteiger partial charge in [-0.05, 0) is 36.2 Å². The van der Waals surface area contributed by atoms with E-state index in [1.807, 2.05) is 30.0 Å². The molecule has 1 amide bonds. The molecule has 1 unspecified atom stereocenters. The van der Waals surface area contributed by atoms with Crippen LogP contribution in [0.25, 0.3) is 0 Å². The van der Waals surface area contributed by atoms with E-state index >= 15 is 0 Å². The number of fused-ring (bicyclic) bond motifs is 1. The fourth-order valence-corrected chi connectivity index (χ4v) is 3.52. The number of imidazole rings is 1. The standard InChI is InChI=1S/C16H15N5OS/c1-10-7-13(20-23-10)16(22)21-6-4-12-14(19-9-18-12)15(21)11-3-2-5-17-8-11/h2-3,5,7-9,15H,4,6H2,1H3,(H,18,19). The second-order valence-electron chi connectivity index (χ2n) is 5.53. The minimum atomic E-state index is -0.229. The lowest BCUT2D eigenvalue weighted by Crippen LogP contribution is -2.41. The minimum Gasteiger partial charge on any atom is -0.348 e. The van der Waals surface area contributed by atoms with E-state index in [4.69, 9.17) is 0 Å². The van der Waals surface area contributed by atoms with Gasteiger partial charge in [-0.25, -0.2) is 4.98 Å². The number of hydrogen-bond donors (Lipinski definition) is 1. The van der Waals surface area contributed by atoms with E-state index in [0.29, 0.717) is 12.2 Å². The zero-order valence-electron chi connectivity index (χ0n) is 12.6. The summed E-state index contributed by atoms with van der Waals surface area (Å²) in [6.07, 6.45) is 5.98. The molecular formula is C16H15N5OS. The molecule has 0 saturated heterocycles. The third-order valence-electron chi connectivity index (χ3n) is 4.03. The Labute approximate surface area is 137 Å². The van der Waals surface area contributed by atoms with Crippen LogP contribution in [0, 0.1) is 6.92 Å². The maximum atomic E-state index is 12.9. The minimum absolute atomic E-state index is 0.0585. The Morgan fingerprint density at radius 3 is 3.13 bits per heavy atom. The van der Waals surface area contributed by atoms with Gasteiger partial charge in [0.15, 0.2) is 0 Å². The molecular weight excluding hydrogens is 310 g/mol. The Hall–Kier alpha value is -2.54. The first-order valence-corrected chi connectivity index (χ1v) is 8.18. The summed E-state index contributed by atoms with van der Waals surface area (Å²) in [4.78, 5) is 27.6. The third-order valence-corrected chi connectivity index (χ3v) is 4.73. The van der Waals surface area contributed by atoms with Crippen LogP contribution in [0.4, 0.5) is 0 Å². The van der Waals surface area contributed by atoms with Crippen LogP contribution in [-0.2, 0) is 6.42 Å². The number of carbonyl (C=O) groups excluding carboxylic acids is 1. The normalized spacial score (nSPS) is 17.1. The SMILES string of the molecule is Cc1cc(C(=O)N2CCc3[nH]cnc3C2c2cccnc2)ns1. The largest absolute Gasteiger partial charge is 0.348 e. The molecule has 3 aromatic heterocycles. The summed E-state index contributed by atoms with van der Waals surface area (Å²) in [7, 11) is 0. The van der Waals surface area contributed by atoms with E-state index < -0.39 is 0 Å². The molecule has 0 fully saturated rings. The van der Waals surface area contributed by atoms with Gasteiger partial charge in [0.1, 0.15) is 11.7 Å². The number of hydrogen-bond acceptors (Lipinski definition) is 5. The van der Waals surface area contributed by atoms with Crippen LogP contribution in [0.5, 0.6) is 0 Å². The van der Waals surface area contributed by atoms with Gasteiger partial charge in [-0.1, -0.05) is 6.07 Å². The molecule has 1 N–H and O–H groups in total. The van der Waals surface area contributed by atoms with Crippen molar-refractivity contribution in [3.63, 3.8) is 0 Å². The molecule has 0 spiro atoms. The number of H-pyrrole nitrogens is 1. The number of carbonyl (C=O) groups is 1. The lowest BCUT2D eigenvalue weighted by molar-refractivity contribution is 0.0685. The number of nitrogens with zero attached hydrogens (tertiary/aromatic N) is 4. The number of aryl methyl sites for hydroxylation is 1. The zero-order chi connectivity index (χ0) is 15.8. The van der Waals surface area contributed by atoms with Gasteiger partial charge in [0, 0.05) is 35.9 Å². The lowest BCUT2D eigenvalue weighted by Gasteiger charge is -2.34. The molecule has 116 valence electrons. The molecule has 4 rings (SSSR count). The predicted molar refractivity (Wildman–Crippen MR) is 86.3 cm³/mol. The van der Waals surface area contributed by atoms with Gasteiger partial charge in [-0.2, -0.15) is 4.37 Å². The molecule has 0 bridgehead atoms. The Morgan fingerprint density at radius 2 is 2.39 bits per heavy atom. The average Bonchev–Trinajstić information content (AvgIpc) is 3.22. The number of aromatic amines is 1. The first-order chi connectivity index (χ1) is 11.2.